The molecule has 0 aliphatic heterocycles. The van der Waals surface area contributed by atoms with Crippen LogP contribution >= 0.6 is 24.0 Å². The summed E-state index contributed by atoms with van der Waals surface area (Å²) in [6, 6.07) is 0. The molecule has 0 amide bonds. The lowest BCUT2D eigenvalue weighted by molar-refractivity contribution is 0.549. The maximum atomic E-state index is 10.8. The zero-order valence-electron chi connectivity index (χ0n) is 6.65. The van der Waals surface area contributed by atoms with Gasteiger partial charge in [0.15, 0.2) is 33.2 Å². The Labute approximate surface area is 101 Å². The second kappa shape index (κ2) is 5.14. The predicted molar refractivity (Wildman–Crippen MR) is 58.7 cm³/mol. The lowest BCUT2D eigenvalue weighted by Crippen LogP contribution is -1.95. The van der Waals surface area contributed by atoms with Gasteiger partial charge in [-0.25, -0.2) is 12.6 Å². The molecule has 0 aromatic carbocycles. The van der Waals surface area contributed by atoms with E-state index in [-0.39, 0.29) is 13.3 Å². The van der Waals surface area contributed by atoms with Gasteiger partial charge in [-0.15, -0.1) is 24.0 Å². The zero-order valence-corrected chi connectivity index (χ0v) is 10.8. The third-order valence-corrected chi connectivity index (χ3v) is 6.37. The Morgan fingerprint density at radius 2 is 1.40 bits per heavy atom. The van der Waals surface area contributed by atoms with E-state index in [1.807, 2.05) is 0 Å². The van der Waals surface area contributed by atoms with Gasteiger partial charge in [0.05, 0.1) is 4.90 Å². The predicted octanol–water partition coefficient (Wildman–Crippen LogP) is 0.779. The molecule has 0 saturated heterocycles. The van der Waals surface area contributed by atoms with Crippen LogP contribution in [0.4, 0.5) is 0 Å². The van der Waals surface area contributed by atoms with Crippen molar-refractivity contribution in [1.29, 1.82) is 0 Å². The highest BCUT2D eigenvalue weighted by atomic mass is 32.2. The second-order valence-electron chi connectivity index (χ2n) is 2.10. The van der Waals surface area contributed by atoms with Gasteiger partial charge in [-0.05, 0) is 0 Å². The summed E-state index contributed by atoms with van der Waals surface area (Å²) in [5.74, 6) is 0. The Hall–Kier alpha value is 0.380. The van der Waals surface area contributed by atoms with E-state index in [1.54, 1.807) is 0 Å². The smallest absolute Gasteiger partial charge is 0.198 e. The van der Waals surface area contributed by atoms with E-state index in [0.29, 0.717) is 11.3 Å². The van der Waals surface area contributed by atoms with Gasteiger partial charge < -0.3 is 13.7 Å². The van der Waals surface area contributed by atoms with Crippen molar-refractivity contribution in [2.24, 2.45) is 0 Å². The average Bonchev–Trinajstić information content (AvgIpc) is 2.42. The molecule has 0 fully saturated rings. The highest BCUT2D eigenvalue weighted by molar-refractivity contribution is 7.88. The van der Waals surface area contributed by atoms with Crippen LogP contribution in [0, 0.1) is 0 Å². The Kier molecular flexibility index (Phi) is 4.61. The molecule has 11 heteroatoms. The monoisotopic (exact) mass is 308 g/mol. The van der Waals surface area contributed by atoms with Crippen molar-refractivity contribution >= 4 is 57.2 Å². The first-order valence-corrected chi connectivity index (χ1v) is 7.63. The van der Waals surface area contributed by atoms with Crippen LogP contribution in [0.2, 0.25) is 0 Å². The highest BCUT2D eigenvalue weighted by Crippen LogP contribution is 2.37. The molecule has 15 heavy (non-hydrogen) atoms. The summed E-state index contributed by atoms with van der Waals surface area (Å²) in [5.41, 5.74) is 0. The molecule has 1 aromatic rings. The lowest BCUT2D eigenvalue weighted by Gasteiger charge is -1.94. The minimum Gasteiger partial charge on any atom is -0.302 e. The van der Waals surface area contributed by atoms with Crippen molar-refractivity contribution in [3.05, 3.63) is 0 Å². The van der Waals surface area contributed by atoms with Gasteiger partial charge in [0.25, 0.3) is 0 Å². The average molecular weight is 308 g/mol. The largest absolute Gasteiger partial charge is 0.302 e. The van der Waals surface area contributed by atoms with Crippen molar-refractivity contribution in [2.45, 2.75) is 18.2 Å². The summed E-state index contributed by atoms with van der Waals surface area (Å²) in [7, 11) is 0. The molecule has 3 atom stereocenters. The number of thiol groups is 1. The maximum Gasteiger partial charge on any atom is 0.198 e. The van der Waals surface area contributed by atoms with E-state index in [0.717, 1.165) is 0 Å². The molecule has 1 heterocycles. The molecule has 1 rings (SSSR count). The van der Waals surface area contributed by atoms with Crippen LogP contribution in [0.25, 0.3) is 0 Å². The van der Waals surface area contributed by atoms with E-state index >= 15 is 0 Å². The van der Waals surface area contributed by atoms with E-state index in [1.165, 1.54) is 0 Å². The Morgan fingerprint density at radius 3 is 1.67 bits per heavy atom. The molecule has 0 spiro atoms. The van der Waals surface area contributed by atoms with Crippen molar-refractivity contribution in [3.63, 3.8) is 0 Å². The first-order valence-electron chi connectivity index (χ1n) is 3.04. The molecule has 0 saturated carbocycles. The van der Waals surface area contributed by atoms with Gasteiger partial charge in [-0.1, -0.05) is 0 Å². The Balaban J connectivity index is 3.53. The molecule has 3 N–H and O–H groups in total. The van der Waals surface area contributed by atoms with E-state index in [9.17, 15) is 12.6 Å². The van der Waals surface area contributed by atoms with Crippen molar-refractivity contribution in [2.75, 3.05) is 0 Å². The fraction of sp³-hybridized carbons (Fsp3) is 0. The van der Waals surface area contributed by atoms with Crippen LogP contribution in [0.1, 0.15) is 0 Å². The number of rotatable bonds is 3. The highest BCUT2D eigenvalue weighted by Gasteiger charge is 2.25. The van der Waals surface area contributed by atoms with Crippen molar-refractivity contribution < 1.29 is 26.3 Å². The maximum absolute atomic E-state index is 10.8. The molecule has 86 valence electrons. The lowest BCUT2D eigenvalue weighted by atomic mass is 10.6. The standard InChI is InChI=1S/C4H4O6S5/c5-13(6)2-1(11)3(14(7)8)12-4(2)15(9)10/h11H,(H,5,6)(H,7,8)(H,9,10). The molecule has 0 radical (unpaired) electrons. The third kappa shape index (κ3) is 2.74. The zero-order chi connectivity index (χ0) is 11.7. The molecule has 0 aliphatic rings. The van der Waals surface area contributed by atoms with Gasteiger partial charge in [0, 0.05) is 0 Å². The van der Waals surface area contributed by atoms with Gasteiger partial charge in [0.2, 0.25) is 0 Å². The quantitative estimate of drug-likeness (QED) is 0.485. The molecular weight excluding hydrogens is 304 g/mol. The van der Waals surface area contributed by atoms with Crippen molar-refractivity contribution in [3.8, 4) is 0 Å². The minimum absolute atomic E-state index is 0.209. The molecule has 0 bridgehead atoms. The van der Waals surface area contributed by atoms with Gasteiger partial charge in [-0.2, -0.15) is 0 Å². The number of hydrogen-bond donors (Lipinski definition) is 4. The minimum atomic E-state index is -2.53. The number of hydrogen-bond acceptors (Lipinski definition) is 5. The van der Waals surface area contributed by atoms with Gasteiger partial charge in [0.1, 0.15) is 13.3 Å². The summed E-state index contributed by atoms with van der Waals surface area (Å²) >= 11 is -3.18. The van der Waals surface area contributed by atoms with E-state index < -0.39 is 38.1 Å². The Morgan fingerprint density at radius 1 is 0.933 bits per heavy atom. The fourth-order valence-electron chi connectivity index (χ4n) is 0.756. The molecule has 0 aliphatic carbocycles. The van der Waals surface area contributed by atoms with Crippen LogP contribution in [-0.2, 0) is 33.2 Å². The van der Waals surface area contributed by atoms with Crippen molar-refractivity contribution in [1.82, 2.24) is 0 Å². The second-order valence-corrected chi connectivity index (χ2v) is 6.81. The number of thiophene rings is 1. The van der Waals surface area contributed by atoms with Crippen LogP contribution < -0.4 is 0 Å². The Bertz CT molecular complexity index is 462. The van der Waals surface area contributed by atoms with Crippen LogP contribution in [0.3, 0.4) is 0 Å². The third-order valence-electron chi connectivity index (χ3n) is 1.27. The molecule has 6 nitrogen and oxygen atoms in total. The molecule has 1 aromatic heterocycles. The summed E-state index contributed by atoms with van der Waals surface area (Å²) in [6.45, 7) is 0. The van der Waals surface area contributed by atoms with Gasteiger partial charge >= 0.3 is 0 Å². The fourth-order valence-corrected chi connectivity index (χ4v) is 5.25. The first kappa shape index (κ1) is 13.4. The normalized spacial score (nSPS) is 17.3. The van der Waals surface area contributed by atoms with Crippen LogP contribution in [0.5, 0.6) is 0 Å². The van der Waals surface area contributed by atoms with E-state index in [2.05, 4.69) is 12.6 Å². The van der Waals surface area contributed by atoms with Gasteiger partial charge in [-0.3, -0.25) is 0 Å². The molecular formula is C4H4O6S5. The summed E-state index contributed by atoms with van der Waals surface area (Å²) in [5, 5.41) is 0. The summed E-state index contributed by atoms with van der Waals surface area (Å²) in [6.07, 6.45) is 0. The topological polar surface area (TPSA) is 112 Å². The van der Waals surface area contributed by atoms with E-state index in [4.69, 9.17) is 13.7 Å². The summed E-state index contributed by atoms with van der Waals surface area (Å²) in [4.78, 5) is -0.611. The van der Waals surface area contributed by atoms with Crippen LogP contribution in [-0.4, -0.2) is 26.3 Å². The summed E-state index contributed by atoms with van der Waals surface area (Å²) < 4.78 is 58.2. The van der Waals surface area contributed by atoms with Crippen LogP contribution in [0.15, 0.2) is 18.2 Å². The SMILES string of the molecule is O=S(O)c1sc(S(=O)O)c(S(=O)O)c1S. The molecule has 3 unspecified atom stereocenters. The first-order chi connectivity index (χ1) is 6.86.